The van der Waals surface area contributed by atoms with Crippen LogP contribution in [0.2, 0.25) is 0 Å². The summed E-state index contributed by atoms with van der Waals surface area (Å²) < 4.78 is 32.8. The number of hydrogen-bond donors (Lipinski definition) is 0. The largest absolute Gasteiger partial charge is 0.488 e. The molecule has 1 atom stereocenters. The van der Waals surface area contributed by atoms with Crippen LogP contribution in [0.25, 0.3) is 4.85 Å². The first-order valence-electron chi connectivity index (χ1n) is 8.74. The monoisotopic (exact) mass is 382 g/mol. The number of hydrogen-bond acceptors (Lipinski definition) is 3. The van der Waals surface area contributed by atoms with Crippen LogP contribution in [0, 0.1) is 18.2 Å². The quantitative estimate of drug-likeness (QED) is 0.750. The molecule has 142 valence electrons. The Morgan fingerprint density at radius 3 is 2.64 bits per heavy atom. The Kier molecular flexibility index (Phi) is 4.65. The second kappa shape index (κ2) is 7.27. The second-order valence-corrected chi connectivity index (χ2v) is 6.63. The van der Waals surface area contributed by atoms with Crippen molar-refractivity contribution in [3.05, 3.63) is 71.1 Å². The van der Waals surface area contributed by atoms with Crippen molar-refractivity contribution >= 4 is 17.9 Å². The van der Waals surface area contributed by atoms with E-state index in [1.807, 2.05) is 0 Å². The van der Waals surface area contributed by atoms with Gasteiger partial charge in [-0.3, -0.25) is 0 Å². The number of ether oxygens (including phenoxy) is 1. The van der Waals surface area contributed by atoms with Crippen LogP contribution in [0.5, 0.6) is 5.75 Å². The van der Waals surface area contributed by atoms with Crippen LogP contribution in [-0.2, 0) is 0 Å². The van der Waals surface area contributed by atoms with Gasteiger partial charge in [-0.2, -0.15) is 5.10 Å². The predicted octanol–water partition coefficient (Wildman–Crippen LogP) is 4.13. The summed E-state index contributed by atoms with van der Waals surface area (Å²) in [5.41, 5.74) is 0.856. The average molecular weight is 382 g/mol. The van der Waals surface area contributed by atoms with Crippen LogP contribution in [0.4, 0.5) is 19.3 Å². The number of halogens is 2. The van der Waals surface area contributed by atoms with Gasteiger partial charge in [-0.1, -0.05) is 12.1 Å². The first kappa shape index (κ1) is 17.9. The Morgan fingerprint density at radius 1 is 1.18 bits per heavy atom. The number of carbonyl (C=O) groups excluding carboxylic acids is 1. The van der Waals surface area contributed by atoms with E-state index in [4.69, 9.17) is 11.3 Å². The number of rotatable bonds is 3. The van der Waals surface area contributed by atoms with Gasteiger partial charge in [0.2, 0.25) is 0 Å². The molecule has 8 heteroatoms. The number of amides is 2. The Balaban J connectivity index is 1.38. The molecule has 2 aromatic rings. The maximum absolute atomic E-state index is 13.5. The molecule has 2 amide bonds. The van der Waals surface area contributed by atoms with Crippen molar-refractivity contribution in [2.75, 3.05) is 13.1 Å². The van der Waals surface area contributed by atoms with Gasteiger partial charge < -0.3 is 9.64 Å². The highest BCUT2D eigenvalue weighted by Gasteiger charge is 2.39. The van der Waals surface area contributed by atoms with Crippen LogP contribution in [0.3, 0.4) is 0 Å². The molecule has 1 saturated heterocycles. The van der Waals surface area contributed by atoms with Gasteiger partial charge in [-0.15, -0.1) is 0 Å². The smallest absolute Gasteiger partial charge is 0.341 e. The third kappa shape index (κ3) is 3.51. The Hall–Kier alpha value is -3.47. The van der Waals surface area contributed by atoms with E-state index < -0.39 is 17.7 Å². The Labute approximate surface area is 160 Å². The summed E-state index contributed by atoms with van der Waals surface area (Å²) in [6.07, 6.45) is 1.78. The van der Waals surface area contributed by atoms with Gasteiger partial charge in [0.05, 0.1) is 25.7 Å². The van der Waals surface area contributed by atoms with Crippen molar-refractivity contribution < 1.29 is 18.3 Å². The van der Waals surface area contributed by atoms with E-state index in [-0.39, 0.29) is 12.1 Å². The summed E-state index contributed by atoms with van der Waals surface area (Å²) in [5.74, 6) is -0.792. The van der Waals surface area contributed by atoms with Gasteiger partial charge in [0.15, 0.2) is 5.69 Å². The molecule has 6 nitrogen and oxygen atoms in total. The van der Waals surface area contributed by atoms with E-state index in [1.54, 1.807) is 35.4 Å². The van der Waals surface area contributed by atoms with Gasteiger partial charge >= 0.3 is 6.03 Å². The van der Waals surface area contributed by atoms with Crippen molar-refractivity contribution in [1.29, 1.82) is 0 Å². The zero-order chi connectivity index (χ0) is 19.7. The van der Waals surface area contributed by atoms with Crippen LogP contribution in [-0.4, -0.2) is 41.3 Å². The molecule has 2 aliphatic heterocycles. The molecule has 28 heavy (non-hydrogen) atoms. The first-order chi connectivity index (χ1) is 13.5. The molecule has 0 N–H and O–H groups in total. The fourth-order valence-corrected chi connectivity index (χ4v) is 3.28. The number of hydrazone groups is 1. The minimum Gasteiger partial charge on any atom is -0.488 e. The number of nitrogens with zero attached hydrogens (tertiary/aromatic N) is 4. The minimum atomic E-state index is -0.687. The highest BCUT2D eigenvalue weighted by molar-refractivity contribution is 5.79. The fourth-order valence-electron chi connectivity index (χ4n) is 3.28. The van der Waals surface area contributed by atoms with Crippen LogP contribution in [0.15, 0.2) is 47.6 Å². The lowest BCUT2D eigenvalue weighted by Crippen LogP contribution is -2.58. The zero-order valence-corrected chi connectivity index (χ0v) is 14.8. The summed E-state index contributed by atoms with van der Waals surface area (Å²) in [5, 5.41) is 5.34. The lowest BCUT2D eigenvalue weighted by molar-refractivity contribution is 0.0277. The van der Waals surface area contributed by atoms with Crippen LogP contribution >= 0.6 is 0 Å². The summed E-state index contributed by atoms with van der Waals surface area (Å²) in [6, 6.07) is 9.21. The molecule has 2 heterocycles. The van der Waals surface area contributed by atoms with Crippen molar-refractivity contribution in [2.24, 2.45) is 5.10 Å². The number of likely N-dealkylation sites (tertiary alicyclic amines) is 1. The molecule has 4 rings (SSSR count). The molecule has 2 aromatic carbocycles. The summed E-state index contributed by atoms with van der Waals surface area (Å²) in [7, 11) is 0. The molecule has 0 spiro atoms. The first-order valence-corrected chi connectivity index (χ1v) is 8.74. The molecule has 0 radical (unpaired) electrons. The second-order valence-electron chi connectivity index (χ2n) is 6.63. The molecule has 0 saturated carbocycles. The summed E-state index contributed by atoms with van der Waals surface area (Å²) >= 11 is 0. The van der Waals surface area contributed by atoms with Crippen molar-refractivity contribution in [3.8, 4) is 5.75 Å². The molecule has 1 fully saturated rings. The molecular formula is C20H16F2N4O2. The van der Waals surface area contributed by atoms with Crippen molar-refractivity contribution in [2.45, 2.75) is 18.6 Å². The summed E-state index contributed by atoms with van der Waals surface area (Å²) in [6.45, 7) is 7.78. The van der Waals surface area contributed by atoms with Crippen molar-refractivity contribution in [3.63, 3.8) is 0 Å². The lowest BCUT2D eigenvalue weighted by Gasteiger charge is -2.41. The van der Waals surface area contributed by atoms with Crippen LogP contribution < -0.4 is 4.74 Å². The van der Waals surface area contributed by atoms with E-state index in [1.165, 1.54) is 17.1 Å². The lowest BCUT2D eigenvalue weighted by atomic mass is 10.0. The Bertz CT molecular complexity index is 962. The molecular weight excluding hydrogens is 366 g/mol. The van der Waals surface area contributed by atoms with Crippen LogP contribution in [0.1, 0.15) is 18.0 Å². The molecule has 0 aromatic heterocycles. The normalized spacial score (nSPS) is 18.7. The van der Waals surface area contributed by atoms with E-state index in [2.05, 4.69) is 9.95 Å². The Morgan fingerprint density at radius 2 is 1.93 bits per heavy atom. The molecule has 2 aliphatic rings. The predicted molar refractivity (Wildman–Crippen MR) is 98.1 cm³/mol. The molecule has 1 unspecified atom stereocenters. The number of carbonyl (C=O) groups is 1. The SMILES string of the molecule is [C-]#[N+]c1cccc(OC2CN(C(=O)N3N=CCC3c3cc(F)cc(F)c3)C2)c1. The third-order valence-electron chi connectivity index (χ3n) is 4.66. The molecule has 0 bridgehead atoms. The maximum Gasteiger partial charge on any atom is 0.341 e. The van der Waals surface area contributed by atoms with E-state index in [0.29, 0.717) is 36.5 Å². The average Bonchev–Trinajstić information content (AvgIpc) is 3.13. The van der Waals surface area contributed by atoms with Gasteiger partial charge in [0, 0.05) is 18.7 Å². The zero-order valence-electron chi connectivity index (χ0n) is 14.8. The standard InChI is InChI=1S/C20H16F2N4O2/c1-23-16-3-2-4-17(10-16)28-18-11-25(12-18)20(27)26-19(5-6-24-26)13-7-14(21)9-15(22)8-13/h2-4,6-10,18-19H,5,11-12H2. The highest BCUT2D eigenvalue weighted by atomic mass is 19.1. The van der Waals surface area contributed by atoms with Gasteiger partial charge in [-0.25, -0.2) is 23.4 Å². The van der Waals surface area contributed by atoms with Gasteiger partial charge in [0.1, 0.15) is 23.5 Å². The van der Waals surface area contributed by atoms with Gasteiger partial charge in [0.25, 0.3) is 0 Å². The molecule has 0 aliphatic carbocycles. The van der Waals surface area contributed by atoms with E-state index in [9.17, 15) is 13.6 Å². The van der Waals surface area contributed by atoms with E-state index in [0.717, 1.165) is 6.07 Å². The van der Waals surface area contributed by atoms with E-state index >= 15 is 0 Å². The third-order valence-corrected chi connectivity index (χ3v) is 4.66. The van der Waals surface area contributed by atoms with Crippen molar-refractivity contribution in [1.82, 2.24) is 9.91 Å². The fraction of sp³-hybridized carbons (Fsp3) is 0.250. The number of benzene rings is 2. The number of urea groups is 1. The maximum atomic E-state index is 13.5. The summed E-state index contributed by atoms with van der Waals surface area (Å²) in [4.78, 5) is 17.7. The minimum absolute atomic E-state index is 0.179. The highest BCUT2D eigenvalue weighted by Crippen LogP contribution is 2.31. The van der Waals surface area contributed by atoms with Gasteiger partial charge in [-0.05, 0) is 29.8 Å². The topological polar surface area (TPSA) is 49.5 Å².